The molecule has 1 unspecified atom stereocenters. The van der Waals surface area contributed by atoms with E-state index in [0.29, 0.717) is 5.69 Å². The molecule has 0 radical (unpaired) electrons. The highest BCUT2D eigenvalue weighted by molar-refractivity contribution is 5.81. The molecule has 20 heavy (non-hydrogen) atoms. The minimum Gasteiger partial charge on any atom is -0.399 e. The molecule has 5 nitrogen and oxygen atoms in total. The van der Waals surface area contributed by atoms with Crippen LogP contribution in [0.1, 0.15) is 26.8 Å². The fraction of sp³-hybridized carbons (Fsp3) is 0.333. The first-order chi connectivity index (χ1) is 9.49. The molecule has 0 fully saturated rings. The van der Waals surface area contributed by atoms with Crippen molar-refractivity contribution in [2.45, 2.75) is 32.9 Å². The summed E-state index contributed by atoms with van der Waals surface area (Å²) in [6, 6.07) is 7.28. The summed E-state index contributed by atoms with van der Waals surface area (Å²) in [5, 5.41) is 2.91. The van der Waals surface area contributed by atoms with Crippen molar-refractivity contribution in [1.82, 2.24) is 14.9 Å². The van der Waals surface area contributed by atoms with Gasteiger partial charge >= 0.3 is 0 Å². The molecule has 106 valence electrons. The normalized spacial score (nSPS) is 12.4. The van der Waals surface area contributed by atoms with E-state index in [-0.39, 0.29) is 18.0 Å². The molecule has 0 bridgehead atoms. The number of nitrogens with two attached hydrogens (primary N) is 1. The first-order valence-corrected chi connectivity index (χ1v) is 6.68. The number of hydrogen-bond acceptors (Lipinski definition) is 3. The maximum absolute atomic E-state index is 12.1. The summed E-state index contributed by atoms with van der Waals surface area (Å²) < 4.78 is 1.85. The third kappa shape index (κ3) is 2.99. The van der Waals surface area contributed by atoms with Crippen molar-refractivity contribution in [2.75, 3.05) is 5.73 Å². The Morgan fingerprint density at radius 1 is 1.35 bits per heavy atom. The SMILES string of the molecule is CC(C)NC(=O)C(C)n1ccnc1-c1cccc(N)c1. The summed E-state index contributed by atoms with van der Waals surface area (Å²) in [5.74, 6) is 0.715. The van der Waals surface area contributed by atoms with Crippen LogP contribution in [0.3, 0.4) is 0 Å². The number of aromatic nitrogens is 2. The highest BCUT2D eigenvalue weighted by Gasteiger charge is 2.19. The predicted molar refractivity (Wildman–Crippen MR) is 80.1 cm³/mol. The van der Waals surface area contributed by atoms with Gasteiger partial charge in [-0.15, -0.1) is 0 Å². The Labute approximate surface area is 118 Å². The fourth-order valence-corrected chi connectivity index (χ4v) is 2.06. The minimum atomic E-state index is -0.323. The van der Waals surface area contributed by atoms with Gasteiger partial charge in [-0.3, -0.25) is 4.79 Å². The number of rotatable bonds is 4. The number of carbonyl (C=O) groups excluding carboxylic acids is 1. The van der Waals surface area contributed by atoms with Crippen molar-refractivity contribution in [3.63, 3.8) is 0 Å². The molecule has 0 aliphatic heterocycles. The lowest BCUT2D eigenvalue weighted by atomic mass is 10.1. The van der Waals surface area contributed by atoms with E-state index in [1.165, 1.54) is 0 Å². The van der Waals surface area contributed by atoms with E-state index in [9.17, 15) is 4.79 Å². The van der Waals surface area contributed by atoms with Crippen LogP contribution < -0.4 is 11.1 Å². The van der Waals surface area contributed by atoms with Gasteiger partial charge in [0.25, 0.3) is 0 Å². The number of benzene rings is 1. The maximum Gasteiger partial charge on any atom is 0.243 e. The summed E-state index contributed by atoms with van der Waals surface area (Å²) in [7, 11) is 0. The number of nitrogens with zero attached hydrogens (tertiary/aromatic N) is 2. The van der Waals surface area contributed by atoms with E-state index in [2.05, 4.69) is 10.3 Å². The van der Waals surface area contributed by atoms with Crippen LogP contribution in [0.25, 0.3) is 11.4 Å². The molecule has 5 heteroatoms. The zero-order valence-electron chi connectivity index (χ0n) is 12.0. The molecule has 2 aromatic rings. The Hall–Kier alpha value is -2.30. The number of hydrogen-bond donors (Lipinski definition) is 2. The highest BCUT2D eigenvalue weighted by Crippen LogP contribution is 2.23. The van der Waals surface area contributed by atoms with E-state index in [0.717, 1.165) is 11.4 Å². The molecule has 1 aromatic heterocycles. The van der Waals surface area contributed by atoms with E-state index in [1.54, 1.807) is 6.20 Å². The Morgan fingerprint density at radius 3 is 2.75 bits per heavy atom. The third-order valence-corrected chi connectivity index (χ3v) is 3.04. The van der Waals surface area contributed by atoms with Gasteiger partial charge in [0.1, 0.15) is 11.9 Å². The van der Waals surface area contributed by atoms with Crippen molar-refractivity contribution in [3.05, 3.63) is 36.7 Å². The lowest BCUT2D eigenvalue weighted by Crippen LogP contribution is -2.35. The zero-order chi connectivity index (χ0) is 14.7. The number of anilines is 1. The second-order valence-corrected chi connectivity index (χ2v) is 5.12. The van der Waals surface area contributed by atoms with Crippen LogP contribution in [0.2, 0.25) is 0 Å². The predicted octanol–water partition coefficient (Wildman–Crippen LogP) is 2.22. The Balaban J connectivity index is 2.31. The number of imidazole rings is 1. The second kappa shape index (κ2) is 5.77. The molecule has 0 saturated heterocycles. The zero-order valence-corrected chi connectivity index (χ0v) is 12.0. The molecule has 1 amide bonds. The second-order valence-electron chi connectivity index (χ2n) is 5.12. The molecule has 0 aliphatic carbocycles. The first kappa shape index (κ1) is 14.1. The van der Waals surface area contributed by atoms with Gasteiger partial charge < -0.3 is 15.6 Å². The quantitative estimate of drug-likeness (QED) is 0.838. The summed E-state index contributed by atoms with van der Waals surface area (Å²) >= 11 is 0. The van der Waals surface area contributed by atoms with Crippen LogP contribution in [0.5, 0.6) is 0 Å². The van der Waals surface area contributed by atoms with E-state index in [4.69, 9.17) is 5.73 Å². The molecule has 3 N–H and O–H groups in total. The average Bonchev–Trinajstić information content (AvgIpc) is 2.86. The molecular weight excluding hydrogens is 252 g/mol. The van der Waals surface area contributed by atoms with Gasteiger partial charge in [-0.05, 0) is 32.9 Å². The molecule has 0 saturated carbocycles. The first-order valence-electron chi connectivity index (χ1n) is 6.68. The number of nitrogen functional groups attached to an aromatic ring is 1. The molecule has 1 atom stereocenters. The van der Waals surface area contributed by atoms with Gasteiger partial charge in [0, 0.05) is 29.7 Å². The highest BCUT2D eigenvalue weighted by atomic mass is 16.2. The Kier molecular flexibility index (Phi) is 4.08. The lowest BCUT2D eigenvalue weighted by Gasteiger charge is -2.18. The van der Waals surface area contributed by atoms with E-state index < -0.39 is 0 Å². The van der Waals surface area contributed by atoms with Crippen LogP contribution in [-0.2, 0) is 4.79 Å². The van der Waals surface area contributed by atoms with Crippen molar-refractivity contribution in [3.8, 4) is 11.4 Å². The third-order valence-electron chi connectivity index (χ3n) is 3.04. The van der Waals surface area contributed by atoms with Gasteiger partial charge in [-0.2, -0.15) is 0 Å². The molecule has 0 spiro atoms. The van der Waals surface area contributed by atoms with Crippen LogP contribution >= 0.6 is 0 Å². The molecular formula is C15H20N4O. The van der Waals surface area contributed by atoms with Crippen molar-refractivity contribution < 1.29 is 4.79 Å². The molecule has 0 aliphatic rings. The van der Waals surface area contributed by atoms with Gasteiger partial charge in [-0.25, -0.2) is 4.98 Å². The van der Waals surface area contributed by atoms with E-state index in [1.807, 2.05) is 55.8 Å². The van der Waals surface area contributed by atoms with Crippen molar-refractivity contribution in [2.24, 2.45) is 0 Å². The summed E-state index contributed by atoms with van der Waals surface area (Å²) in [6.45, 7) is 5.74. The minimum absolute atomic E-state index is 0.0249. The topological polar surface area (TPSA) is 72.9 Å². The van der Waals surface area contributed by atoms with Crippen LogP contribution in [0.4, 0.5) is 5.69 Å². The summed E-state index contributed by atoms with van der Waals surface area (Å²) in [4.78, 5) is 16.5. The summed E-state index contributed by atoms with van der Waals surface area (Å²) in [6.07, 6.45) is 3.50. The van der Waals surface area contributed by atoms with Crippen LogP contribution in [-0.4, -0.2) is 21.5 Å². The van der Waals surface area contributed by atoms with Gasteiger partial charge in [-0.1, -0.05) is 12.1 Å². The van der Waals surface area contributed by atoms with Crippen molar-refractivity contribution >= 4 is 11.6 Å². The summed E-state index contributed by atoms with van der Waals surface area (Å²) in [5.41, 5.74) is 7.38. The van der Waals surface area contributed by atoms with Crippen LogP contribution in [0.15, 0.2) is 36.7 Å². The monoisotopic (exact) mass is 272 g/mol. The van der Waals surface area contributed by atoms with Gasteiger partial charge in [0.05, 0.1) is 0 Å². The molecule has 1 heterocycles. The number of carbonyl (C=O) groups is 1. The number of nitrogens with one attached hydrogen (secondary N) is 1. The standard InChI is InChI=1S/C15H20N4O/c1-10(2)18-15(20)11(3)19-8-7-17-14(19)12-5-4-6-13(16)9-12/h4-11H,16H2,1-3H3,(H,18,20). The Bertz CT molecular complexity index is 603. The van der Waals surface area contributed by atoms with Gasteiger partial charge in [0.2, 0.25) is 5.91 Å². The average molecular weight is 272 g/mol. The molecule has 1 aromatic carbocycles. The van der Waals surface area contributed by atoms with E-state index >= 15 is 0 Å². The largest absolute Gasteiger partial charge is 0.399 e. The molecule has 2 rings (SSSR count). The number of amides is 1. The van der Waals surface area contributed by atoms with Crippen LogP contribution in [0, 0.1) is 0 Å². The lowest BCUT2D eigenvalue weighted by molar-refractivity contribution is -0.124. The smallest absolute Gasteiger partial charge is 0.243 e. The maximum atomic E-state index is 12.1. The van der Waals surface area contributed by atoms with Crippen molar-refractivity contribution in [1.29, 1.82) is 0 Å². The fourth-order valence-electron chi connectivity index (χ4n) is 2.06. The van der Waals surface area contributed by atoms with Gasteiger partial charge in [0.15, 0.2) is 0 Å². The Morgan fingerprint density at radius 2 is 2.10 bits per heavy atom.